The quantitative estimate of drug-likeness (QED) is 0.910. The van der Waals surface area contributed by atoms with Crippen LogP contribution in [0.15, 0.2) is 18.2 Å². The third-order valence-electron chi connectivity index (χ3n) is 3.41. The summed E-state index contributed by atoms with van der Waals surface area (Å²) >= 11 is 0. The van der Waals surface area contributed by atoms with Gasteiger partial charge in [0.25, 0.3) is 0 Å². The molecule has 2 aromatic rings. The van der Waals surface area contributed by atoms with Crippen molar-refractivity contribution in [2.75, 3.05) is 10.6 Å². The average Bonchev–Trinajstić information content (AvgIpc) is 2.64. The van der Waals surface area contributed by atoms with Gasteiger partial charge in [-0.15, -0.1) is 0 Å². The van der Waals surface area contributed by atoms with E-state index in [1.54, 1.807) is 12.1 Å². The largest absolute Gasteiger partial charge is 0.381 e. The molecule has 112 valence electrons. The predicted octanol–water partition coefficient (Wildman–Crippen LogP) is 2.75. The molecule has 0 aliphatic rings. The molecule has 1 aromatic heterocycles. The van der Waals surface area contributed by atoms with E-state index in [0.29, 0.717) is 6.54 Å². The Morgan fingerprint density at radius 3 is 2.67 bits per heavy atom. The Kier molecular flexibility index (Phi) is 4.26. The van der Waals surface area contributed by atoms with E-state index < -0.39 is 5.82 Å². The molecular formula is C15H19FN4O. The molecule has 0 atom stereocenters. The molecule has 0 radical (unpaired) electrons. The first kappa shape index (κ1) is 15.0. The van der Waals surface area contributed by atoms with Crippen molar-refractivity contribution in [3.05, 3.63) is 41.0 Å². The maximum atomic E-state index is 13.6. The smallest absolute Gasteiger partial charge is 0.221 e. The molecule has 1 aromatic carbocycles. The fraction of sp³-hybridized carbons (Fsp3) is 0.333. The number of hydrogen-bond acceptors (Lipinski definition) is 3. The molecule has 2 rings (SSSR count). The van der Waals surface area contributed by atoms with Crippen LogP contribution in [0.1, 0.15) is 23.9 Å². The maximum Gasteiger partial charge on any atom is 0.221 e. The molecule has 0 aliphatic carbocycles. The van der Waals surface area contributed by atoms with Gasteiger partial charge < -0.3 is 10.6 Å². The van der Waals surface area contributed by atoms with Gasteiger partial charge in [-0.1, -0.05) is 0 Å². The van der Waals surface area contributed by atoms with Crippen LogP contribution in [0.4, 0.5) is 15.8 Å². The second-order valence-electron chi connectivity index (χ2n) is 5.00. The zero-order valence-corrected chi connectivity index (χ0v) is 12.6. The van der Waals surface area contributed by atoms with Gasteiger partial charge in [0.1, 0.15) is 5.82 Å². The van der Waals surface area contributed by atoms with Crippen molar-refractivity contribution >= 4 is 17.3 Å². The summed E-state index contributed by atoms with van der Waals surface area (Å²) in [6, 6.07) is 4.55. The Balaban J connectivity index is 2.15. The standard InChI is InChI=1S/C15H19FN4O/c1-9-13(10(2)20(4)19-9)8-17-12-5-6-14(16)15(7-12)18-11(3)21/h5-7,17H,8H2,1-4H3,(H,18,21). The zero-order valence-electron chi connectivity index (χ0n) is 12.6. The molecule has 1 heterocycles. The van der Waals surface area contributed by atoms with Crippen molar-refractivity contribution in [1.82, 2.24) is 9.78 Å². The van der Waals surface area contributed by atoms with E-state index in [1.165, 1.54) is 13.0 Å². The molecule has 5 nitrogen and oxygen atoms in total. The number of halogens is 1. The third-order valence-corrected chi connectivity index (χ3v) is 3.41. The second-order valence-corrected chi connectivity index (χ2v) is 5.00. The predicted molar refractivity (Wildman–Crippen MR) is 80.7 cm³/mol. The SMILES string of the molecule is CC(=O)Nc1cc(NCc2c(C)nn(C)c2C)ccc1F. The number of carbonyl (C=O) groups is 1. The molecule has 0 bridgehead atoms. The van der Waals surface area contributed by atoms with Crippen LogP contribution in [0.5, 0.6) is 0 Å². The van der Waals surface area contributed by atoms with Gasteiger partial charge in [0.15, 0.2) is 0 Å². The first-order valence-corrected chi connectivity index (χ1v) is 6.68. The molecule has 0 aliphatic heterocycles. The van der Waals surface area contributed by atoms with Crippen LogP contribution in [-0.2, 0) is 18.4 Å². The number of hydrogen-bond donors (Lipinski definition) is 2. The number of nitrogens with one attached hydrogen (secondary N) is 2. The van der Waals surface area contributed by atoms with Crippen molar-refractivity contribution in [3.63, 3.8) is 0 Å². The van der Waals surface area contributed by atoms with Crippen LogP contribution in [-0.4, -0.2) is 15.7 Å². The normalized spacial score (nSPS) is 10.5. The Hall–Kier alpha value is -2.37. The highest BCUT2D eigenvalue weighted by Crippen LogP contribution is 2.21. The molecule has 0 saturated heterocycles. The van der Waals surface area contributed by atoms with Gasteiger partial charge in [-0.25, -0.2) is 4.39 Å². The highest BCUT2D eigenvalue weighted by Gasteiger charge is 2.10. The Morgan fingerprint density at radius 1 is 1.38 bits per heavy atom. The molecule has 6 heteroatoms. The van der Waals surface area contributed by atoms with Gasteiger partial charge in [0, 0.05) is 37.5 Å². The zero-order chi connectivity index (χ0) is 15.6. The average molecular weight is 290 g/mol. The van der Waals surface area contributed by atoms with Crippen molar-refractivity contribution in [3.8, 4) is 0 Å². The number of benzene rings is 1. The lowest BCUT2D eigenvalue weighted by molar-refractivity contribution is -0.114. The Labute approximate surface area is 123 Å². The van der Waals surface area contributed by atoms with Crippen LogP contribution in [0, 0.1) is 19.7 Å². The number of nitrogens with zero attached hydrogens (tertiary/aromatic N) is 2. The topological polar surface area (TPSA) is 59.0 Å². The van der Waals surface area contributed by atoms with Gasteiger partial charge in [-0.3, -0.25) is 9.48 Å². The Bertz CT molecular complexity index is 679. The summed E-state index contributed by atoms with van der Waals surface area (Å²) in [6.07, 6.45) is 0. The fourth-order valence-corrected chi connectivity index (χ4v) is 2.18. The van der Waals surface area contributed by atoms with Crippen LogP contribution in [0.25, 0.3) is 0 Å². The van der Waals surface area contributed by atoms with E-state index >= 15 is 0 Å². The molecule has 0 saturated carbocycles. The lowest BCUT2D eigenvalue weighted by Crippen LogP contribution is -2.08. The van der Waals surface area contributed by atoms with Crippen molar-refractivity contribution in [2.45, 2.75) is 27.3 Å². The number of aromatic nitrogens is 2. The summed E-state index contributed by atoms with van der Waals surface area (Å²) < 4.78 is 15.4. The fourth-order valence-electron chi connectivity index (χ4n) is 2.18. The molecule has 2 N–H and O–H groups in total. The van der Waals surface area contributed by atoms with Crippen LogP contribution in [0.3, 0.4) is 0 Å². The summed E-state index contributed by atoms with van der Waals surface area (Å²) in [4.78, 5) is 11.0. The van der Waals surface area contributed by atoms with E-state index in [1.807, 2.05) is 25.6 Å². The minimum atomic E-state index is -0.454. The number of rotatable bonds is 4. The summed E-state index contributed by atoms with van der Waals surface area (Å²) in [5.74, 6) is -0.755. The molecular weight excluding hydrogens is 271 g/mol. The van der Waals surface area contributed by atoms with Crippen LogP contribution in [0.2, 0.25) is 0 Å². The maximum absolute atomic E-state index is 13.6. The molecule has 0 fully saturated rings. The second kappa shape index (κ2) is 5.95. The first-order valence-electron chi connectivity index (χ1n) is 6.68. The van der Waals surface area contributed by atoms with Gasteiger partial charge >= 0.3 is 0 Å². The summed E-state index contributed by atoms with van der Waals surface area (Å²) in [6.45, 7) is 5.90. The minimum absolute atomic E-state index is 0.173. The lowest BCUT2D eigenvalue weighted by atomic mass is 10.2. The van der Waals surface area contributed by atoms with E-state index in [0.717, 1.165) is 22.6 Å². The van der Waals surface area contributed by atoms with E-state index in [-0.39, 0.29) is 11.6 Å². The van der Waals surface area contributed by atoms with Gasteiger partial charge in [0.05, 0.1) is 11.4 Å². The summed E-state index contributed by atoms with van der Waals surface area (Å²) in [5, 5.41) is 10.0. The van der Waals surface area contributed by atoms with Crippen molar-refractivity contribution < 1.29 is 9.18 Å². The molecule has 0 spiro atoms. The molecule has 1 amide bonds. The number of aryl methyl sites for hydroxylation is 2. The van der Waals surface area contributed by atoms with Crippen molar-refractivity contribution in [2.24, 2.45) is 7.05 Å². The number of amides is 1. The van der Waals surface area contributed by atoms with Crippen molar-refractivity contribution in [1.29, 1.82) is 0 Å². The highest BCUT2D eigenvalue weighted by atomic mass is 19.1. The van der Waals surface area contributed by atoms with E-state index in [9.17, 15) is 9.18 Å². The summed E-state index contributed by atoms with van der Waals surface area (Å²) in [7, 11) is 1.90. The third kappa shape index (κ3) is 3.39. The summed E-state index contributed by atoms with van der Waals surface area (Å²) in [5.41, 5.74) is 4.08. The van der Waals surface area contributed by atoms with Gasteiger partial charge in [0.2, 0.25) is 5.91 Å². The Morgan fingerprint density at radius 2 is 2.10 bits per heavy atom. The first-order chi connectivity index (χ1) is 9.88. The monoisotopic (exact) mass is 290 g/mol. The van der Waals surface area contributed by atoms with Gasteiger partial charge in [-0.05, 0) is 32.0 Å². The highest BCUT2D eigenvalue weighted by molar-refractivity contribution is 5.89. The van der Waals surface area contributed by atoms with Crippen LogP contribution >= 0.6 is 0 Å². The van der Waals surface area contributed by atoms with Gasteiger partial charge in [-0.2, -0.15) is 5.10 Å². The van der Waals surface area contributed by atoms with Crippen LogP contribution < -0.4 is 10.6 Å². The minimum Gasteiger partial charge on any atom is -0.381 e. The number of anilines is 2. The number of carbonyl (C=O) groups excluding carboxylic acids is 1. The molecule has 21 heavy (non-hydrogen) atoms. The molecule has 0 unspecified atom stereocenters. The van der Waals surface area contributed by atoms with E-state index in [2.05, 4.69) is 15.7 Å². The van der Waals surface area contributed by atoms with E-state index in [4.69, 9.17) is 0 Å². The lowest BCUT2D eigenvalue weighted by Gasteiger charge is -2.10.